The molecule has 0 aliphatic rings. The number of carbonyl (C=O) groups is 1. The summed E-state index contributed by atoms with van der Waals surface area (Å²) in [5.41, 5.74) is 6.96. The van der Waals surface area contributed by atoms with Crippen LogP contribution in [0.2, 0.25) is 10.0 Å². The molecule has 0 spiro atoms. The molecule has 0 aliphatic heterocycles. The molecule has 0 unspecified atom stereocenters. The lowest BCUT2D eigenvalue weighted by molar-refractivity contribution is -0.135. The highest BCUT2D eigenvalue weighted by molar-refractivity contribution is 6.42. The molecule has 118 valence electrons. The van der Waals surface area contributed by atoms with E-state index in [0.717, 1.165) is 24.8 Å². The molecule has 0 fully saturated rings. The Morgan fingerprint density at radius 1 is 1.29 bits per heavy atom. The fraction of sp³-hybridized carbons (Fsp3) is 0.562. The topological polar surface area (TPSA) is 46.3 Å². The smallest absolute Gasteiger partial charge is 0.240 e. The largest absolute Gasteiger partial charge is 0.335 e. The highest BCUT2D eigenvalue weighted by atomic mass is 35.5. The van der Waals surface area contributed by atoms with Crippen molar-refractivity contribution in [1.82, 2.24) is 4.90 Å². The minimum atomic E-state index is -0.435. The van der Waals surface area contributed by atoms with E-state index in [1.807, 2.05) is 19.9 Å². The molecule has 0 heterocycles. The molecule has 1 rings (SSSR count). The number of unbranched alkanes of at least 4 members (excludes halogenated alkanes) is 1. The van der Waals surface area contributed by atoms with Crippen molar-refractivity contribution < 1.29 is 4.79 Å². The van der Waals surface area contributed by atoms with Gasteiger partial charge in [0.25, 0.3) is 0 Å². The minimum absolute atomic E-state index is 0.00970. The van der Waals surface area contributed by atoms with Crippen LogP contribution in [-0.2, 0) is 11.3 Å². The molecule has 1 atom stereocenters. The van der Waals surface area contributed by atoms with Gasteiger partial charge in [-0.05, 0) is 38.0 Å². The van der Waals surface area contributed by atoms with Crippen LogP contribution in [0.25, 0.3) is 0 Å². The van der Waals surface area contributed by atoms with E-state index in [4.69, 9.17) is 28.9 Å². The maximum absolute atomic E-state index is 12.5. The molecule has 21 heavy (non-hydrogen) atoms. The Kier molecular flexibility index (Phi) is 7.50. The summed E-state index contributed by atoms with van der Waals surface area (Å²) in [5.74, 6) is -0.00970. The fourth-order valence-electron chi connectivity index (χ4n) is 2.11. The predicted molar refractivity (Wildman–Crippen MR) is 89.6 cm³/mol. The van der Waals surface area contributed by atoms with Gasteiger partial charge in [0.1, 0.15) is 0 Å². The average molecular weight is 331 g/mol. The second-order valence-corrected chi connectivity index (χ2v) is 6.37. The number of hydrogen-bond acceptors (Lipinski definition) is 2. The normalized spacial score (nSPS) is 12.5. The van der Waals surface area contributed by atoms with E-state index in [0.29, 0.717) is 16.6 Å². The first kappa shape index (κ1) is 18.3. The summed E-state index contributed by atoms with van der Waals surface area (Å²) in [6.07, 6.45) is 2.72. The molecule has 0 aliphatic carbocycles. The molecular weight excluding hydrogens is 307 g/mol. The highest BCUT2D eigenvalue weighted by Crippen LogP contribution is 2.24. The fourth-order valence-corrected chi connectivity index (χ4v) is 2.43. The molecule has 0 saturated heterocycles. The zero-order valence-electron chi connectivity index (χ0n) is 12.9. The first-order valence-electron chi connectivity index (χ1n) is 7.36. The van der Waals surface area contributed by atoms with E-state index in [9.17, 15) is 4.79 Å². The lowest BCUT2D eigenvalue weighted by Gasteiger charge is -2.29. The summed E-state index contributed by atoms with van der Waals surface area (Å²) in [5, 5.41) is 1.02. The number of nitrogens with zero attached hydrogens (tertiary/aromatic N) is 1. The van der Waals surface area contributed by atoms with E-state index < -0.39 is 6.04 Å². The molecule has 0 aromatic heterocycles. The first-order valence-corrected chi connectivity index (χ1v) is 8.12. The van der Waals surface area contributed by atoms with Crippen LogP contribution in [-0.4, -0.2) is 22.9 Å². The highest BCUT2D eigenvalue weighted by Gasteiger charge is 2.23. The summed E-state index contributed by atoms with van der Waals surface area (Å²) in [6, 6.07) is 5.08. The lowest BCUT2D eigenvalue weighted by atomic mass is 10.1. The number of amides is 1. The summed E-state index contributed by atoms with van der Waals surface area (Å²) in [7, 11) is 0. The summed E-state index contributed by atoms with van der Waals surface area (Å²) in [4.78, 5) is 14.3. The Morgan fingerprint density at radius 3 is 2.48 bits per heavy atom. The quantitative estimate of drug-likeness (QED) is 0.812. The maximum atomic E-state index is 12.5. The Bertz CT molecular complexity index is 477. The molecule has 1 amide bonds. The maximum Gasteiger partial charge on any atom is 0.240 e. The van der Waals surface area contributed by atoms with Crippen LogP contribution in [0, 0.1) is 0 Å². The van der Waals surface area contributed by atoms with Gasteiger partial charge < -0.3 is 10.6 Å². The summed E-state index contributed by atoms with van der Waals surface area (Å²) in [6.45, 7) is 6.56. The first-order chi connectivity index (χ1) is 9.86. The van der Waals surface area contributed by atoms with Crippen molar-refractivity contribution in [3.8, 4) is 0 Å². The predicted octanol–water partition coefficient (Wildman–Crippen LogP) is 4.25. The zero-order valence-corrected chi connectivity index (χ0v) is 14.4. The van der Waals surface area contributed by atoms with Crippen molar-refractivity contribution in [1.29, 1.82) is 0 Å². The number of rotatable bonds is 7. The van der Waals surface area contributed by atoms with Gasteiger partial charge in [0, 0.05) is 12.6 Å². The number of hydrogen-bond donors (Lipinski definition) is 1. The van der Waals surface area contributed by atoms with Crippen LogP contribution in [0.4, 0.5) is 0 Å². The van der Waals surface area contributed by atoms with Crippen LogP contribution >= 0.6 is 23.2 Å². The number of halogens is 2. The lowest BCUT2D eigenvalue weighted by Crippen LogP contribution is -2.46. The Balaban J connectivity index is 2.81. The van der Waals surface area contributed by atoms with Crippen molar-refractivity contribution in [2.75, 3.05) is 0 Å². The van der Waals surface area contributed by atoms with Crippen molar-refractivity contribution >= 4 is 29.1 Å². The van der Waals surface area contributed by atoms with Crippen molar-refractivity contribution in [3.63, 3.8) is 0 Å². The molecule has 2 N–H and O–H groups in total. The monoisotopic (exact) mass is 330 g/mol. The standard InChI is InChI=1S/C16H24Cl2N2O/c1-4-5-6-15(19)16(21)20(11(2)3)10-12-7-8-13(17)14(18)9-12/h7-9,11,15H,4-6,10,19H2,1-3H3/t15-/m0/s1. The van der Waals surface area contributed by atoms with Crippen molar-refractivity contribution in [3.05, 3.63) is 33.8 Å². The van der Waals surface area contributed by atoms with Crippen molar-refractivity contribution in [2.24, 2.45) is 5.73 Å². The van der Waals surface area contributed by atoms with E-state index in [2.05, 4.69) is 6.92 Å². The van der Waals surface area contributed by atoms with Crippen LogP contribution in [0.15, 0.2) is 18.2 Å². The number of benzene rings is 1. The van der Waals surface area contributed by atoms with Crippen LogP contribution in [0.3, 0.4) is 0 Å². The minimum Gasteiger partial charge on any atom is -0.335 e. The average Bonchev–Trinajstić information content (AvgIpc) is 2.44. The second-order valence-electron chi connectivity index (χ2n) is 5.56. The van der Waals surface area contributed by atoms with Gasteiger partial charge in [-0.25, -0.2) is 0 Å². The molecule has 3 nitrogen and oxygen atoms in total. The van der Waals surface area contributed by atoms with Crippen LogP contribution in [0.5, 0.6) is 0 Å². The van der Waals surface area contributed by atoms with Crippen molar-refractivity contribution in [2.45, 2.75) is 58.7 Å². The van der Waals surface area contributed by atoms with Gasteiger partial charge in [-0.1, -0.05) is 49.0 Å². The molecule has 0 saturated carbocycles. The third-order valence-electron chi connectivity index (χ3n) is 3.43. The SMILES string of the molecule is CCCC[C@H](N)C(=O)N(Cc1ccc(Cl)c(Cl)c1)C(C)C. The Labute approximate surface area is 137 Å². The number of nitrogens with two attached hydrogens (primary N) is 1. The van der Waals surface area contributed by atoms with E-state index in [1.54, 1.807) is 17.0 Å². The third kappa shape index (κ3) is 5.50. The van der Waals surface area contributed by atoms with E-state index in [-0.39, 0.29) is 11.9 Å². The van der Waals surface area contributed by atoms with Crippen LogP contribution in [0.1, 0.15) is 45.6 Å². The van der Waals surface area contributed by atoms with Crippen LogP contribution < -0.4 is 5.73 Å². The Morgan fingerprint density at radius 2 is 1.95 bits per heavy atom. The van der Waals surface area contributed by atoms with E-state index in [1.165, 1.54) is 0 Å². The number of carbonyl (C=O) groups excluding carboxylic acids is 1. The van der Waals surface area contributed by atoms with Gasteiger partial charge in [0.15, 0.2) is 0 Å². The zero-order chi connectivity index (χ0) is 16.0. The molecular formula is C16H24Cl2N2O. The molecule has 1 aromatic rings. The molecule has 0 bridgehead atoms. The van der Waals surface area contributed by atoms with Gasteiger partial charge in [0.2, 0.25) is 5.91 Å². The summed E-state index contributed by atoms with van der Waals surface area (Å²) < 4.78 is 0. The summed E-state index contributed by atoms with van der Waals surface area (Å²) >= 11 is 11.9. The third-order valence-corrected chi connectivity index (χ3v) is 4.17. The molecule has 5 heteroatoms. The van der Waals surface area contributed by atoms with Gasteiger partial charge >= 0.3 is 0 Å². The Hall–Kier alpha value is -0.770. The second kappa shape index (κ2) is 8.62. The van der Waals surface area contributed by atoms with Gasteiger partial charge in [-0.2, -0.15) is 0 Å². The molecule has 1 aromatic carbocycles. The van der Waals surface area contributed by atoms with Gasteiger partial charge in [0.05, 0.1) is 16.1 Å². The van der Waals surface area contributed by atoms with Gasteiger partial charge in [-0.3, -0.25) is 4.79 Å². The molecule has 0 radical (unpaired) electrons. The van der Waals surface area contributed by atoms with E-state index >= 15 is 0 Å². The van der Waals surface area contributed by atoms with Gasteiger partial charge in [-0.15, -0.1) is 0 Å².